The molecule has 1 aliphatic heterocycles. The number of amides is 3. The van der Waals surface area contributed by atoms with E-state index in [-0.39, 0.29) is 35.9 Å². The van der Waals surface area contributed by atoms with Gasteiger partial charge in [-0.2, -0.15) is 0 Å². The number of rotatable bonds is 7. The number of ether oxygens (including phenoxy) is 1. The Bertz CT molecular complexity index is 685. The predicted molar refractivity (Wildman–Crippen MR) is 102 cm³/mol. The zero-order chi connectivity index (χ0) is 20.7. The van der Waals surface area contributed by atoms with Gasteiger partial charge in [-0.05, 0) is 56.9 Å². The normalized spacial score (nSPS) is 16.0. The highest BCUT2D eigenvalue weighted by Gasteiger charge is 2.34. The maximum Gasteiger partial charge on any atom is 0.251 e. The first-order valence-corrected chi connectivity index (χ1v) is 9.45. The Balaban J connectivity index is 2.07. The largest absolute Gasteiger partial charge is 0.375 e. The van der Waals surface area contributed by atoms with E-state index in [2.05, 4.69) is 10.6 Å². The van der Waals surface area contributed by atoms with Gasteiger partial charge in [-0.3, -0.25) is 14.4 Å². The summed E-state index contributed by atoms with van der Waals surface area (Å²) in [6, 6.07) is 4.39. The van der Waals surface area contributed by atoms with Crippen LogP contribution in [0, 0.1) is 11.7 Å². The minimum atomic E-state index is -0.723. The molecule has 28 heavy (non-hydrogen) atoms. The third-order valence-electron chi connectivity index (χ3n) is 4.74. The van der Waals surface area contributed by atoms with Crippen molar-refractivity contribution in [2.24, 2.45) is 5.92 Å². The minimum absolute atomic E-state index is 0.0310. The van der Waals surface area contributed by atoms with Gasteiger partial charge in [0.15, 0.2) is 0 Å². The number of hydrogen-bond acceptors (Lipinski definition) is 4. The maximum absolute atomic E-state index is 13.1. The molecule has 8 heteroatoms. The van der Waals surface area contributed by atoms with E-state index in [0.29, 0.717) is 25.9 Å². The molecule has 0 aromatic heterocycles. The van der Waals surface area contributed by atoms with Crippen LogP contribution >= 0.6 is 0 Å². The molecule has 7 nitrogen and oxygen atoms in total. The molecule has 1 aliphatic rings. The molecule has 1 atom stereocenters. The van der Waals surface area contributed by atoms with E-state index >= 15 is 0 Å². The highest BCUT2D eigenvalue weighted by molar-refractivity contribution is 5.97. The second kappa shape index (κ2) is 10.2. The molecule has 1 aromatic carbocycles. The Labute approximate surface area is 164 Å². The minimum Gasteiger partial charge on any atom is -0.375 e. The highest BCUT2D eigenvalue weighted by atomic mass is 19.1. The quantitative estimate of drug-likeness (QED) is 0.732. The van der Waals surface area contributed by atoms with E-state index in [0.717, 1.165) is 0 Å². The predicted octanol–water partition coefficient (Wildman–Crippen LogP) is 1.33. The number of methoxy groups -OCH3 is 1. The van der Waals surface area contributed by atoms with E-state index in [1.54, 1.807) is 4.90 Å². The van der Waals surface area contributed by atoms with Crippen LogP contribution in [0.15, 0.2) is 24.3 Å². The lowest BCUT2D eigenvalue weighted by atomic mass is 9.88. The van der Waals surface area contributed by atoms with Gasteiger partial charge in [-0.25, -0.2) is 4.39 Å². The average Bonchev–Trinajstić information content (AvgIpc) is 2.66. The first-order chi connectivity index (χ1) is 13.3. The van der Waals surface area contributed by atoms with Gasteiger partial charge in [0.1, 0.15) is 18.5 Å². The highest BCUT2D eigenvalue weighted by Crippen LogP contribution is 2.22. The fourth-order valence-corrected chi connectivity index (χ4v) is 3.29. The number of hydrogen-bond donors (Lipinski definition) is 2. The molecule has 1 aromatic rings. The SMILES string of the molecule is COCC(=O)N1CCC(C(NC(=O)c2ccc(F)cc2)C(=O)NC(C)C)CC1. The first-order valence-electron chi connectivity index (χ1n) is 9.45. The molecule has 154 valence electrons. The molecule has 0 saturated carbocycles. The van der Waals surface area contributed by atoms with Crippen LogP contribution in [0.25, 0.3) is 0 Å². The van der Waals surface area contributed by atoms with Crippen LogP contribution in [0.3, 0.4) is 0 Å². The van der Waals surface area contributed by atoms with Crippen molar-refractivity contribution in [1.82, 2.24) is 15.5 Å². The van der Waals surface area contributed by atoms with Crippen molar-refractivity contribution in [1.29, 1.82) is 0 Å². The number of piperidine rings is 1. The van der Waals surface area contributed by atoms with Crippen LogP contribution in [0.4, 0.5) is 4.39 Å². The standard InChI is InChI=1S/C20H28FN3O4/c1-13(2)22-20(27)18(23-19(26)15-4-6-16(21)7-5-15)14-8-10-24(11-9-14)17(25)12-28-3/h4-7,13-14,18H,8-12H2,1-3H3,(H,22,27)(H,23,26). The summed E-state index contributed by atoms with van der Waals surface area (Å²) in [4.78, 5) is 38.9. The maximum atomic E-state index is 13.1. The van der Waals surface area contributed by atoms with Crippen molar-refractivity contribution in [2.45, 2.75) is 38.8 Å². The van der Waals surface area contributed by atoms with E-state index in [1.165, 1.54) is 31.4 Å². The summed E-state index contributed by atoms with van der Waals surface area (Å²) < 4.78 is 18.0. The summed E-state index contributed by atoms with van der Waals surface area (Å²) >= 11 is 0. The summed E-state index contributed by atoms with van der Waals surface area (Å²) in [6.45, 7) is 4.74. The van der Waals surface area contributed by atoms with E-state index in [1.807, 2.05) is 13.8 Å². The topological polar surface area (TPSA) is 87.7 Å². The smallest absolute Gasteiger partial charge is 0.251 e. The number of carbonyl (C=O) groups is 3. The average molecular weight is 393 g/mol. The lowest BCUT2D eigenvalue weighted by molar-refractivity contribution is -0.136. The summed E-state index contributed by atoms with van der Waals surface area (Å²) in [6.07, 6.45) is 1.19. The Morgan fingerprint density at radius 2 is 1.75 bits per heavy atom. The Morgan fingerprint density at radius 1 is 1.14 bits per heavy atom. The van der Waals surface area contributed by atoms with E-state index < -0.39 is 17.8 Å². The number of nitrogens with one attached hydrogen (secondary N) is 2. The third-order valence-corrected chi connectivity index (χ3v) is 4.74. The number of nitrogens with zero attached hydrogens (tertiary/aromatic N) is 1. The van der Waals surface area contributed by atoms with Crippen molar-refractivity contribution in [2.75, 3.05) is 26.8 Å². The molecule has 0 spiro atoms. The van der Waals surface area contributed by atoms with Gasteiger partial charge in [-0.1, -0.05) is 0 Å². The molecule has 0 bridgehead atoms. The van der Waals surface area contributed by atoms with Crippen LogP contribution in [0.5, 0.6) is 0 Å². The van der Waals surface area contributed by atoms with Crippen molar-refractivity contribution < 1.29 is 23.5 Å². The van der Waals surface area contributed by atoms with E-state index in [4.69, 9.17) is 4.74 Å². The zero-order valence-corrected chi connectivity index (χ0v) is 16.5. The van der Waals surface area contributed by atoms with Crippen molar-refractivity contribution in [3.05, 3.63) is 35.6 Å². The van der Waals surface area contributed by atoms with Gasteiger partial charge in [0.05, 0.1) is 0 Å². The van der Waals surface area contributed by atoms with Gasteiger partial charge >= 0.3 is 0 Å². The van der Waals surface area contributed by atoms with Crippen LogP contribution in [0.2, 0.25) is 0 Å². The molecule has 1 saturated heterocycles. The van der Waals surface area contributed by atoms with Crippen LogP contribution in [-0.2, 0) is 14.3 Å². The lowest BCUT2D eigenvalue weighted by Gasteiger charge is -2.36. The molecule has 1 heterocycles. The number of halogens is 1. The second-order valence-electron chi connectivity index (χ2n) is 7.27. The van der Waals surface area contributed by atoms with Gasteiger partial charge < -0.3 is 20.3 Å². The molecule has 2 rings (SSSR count). The molecule has 1 unspecified atom stereocenters. The van der Waals surface area contributed by atoms with Crippen LogP contribution in [0.1, 0.15) is 37.0 Å². The fraction of sp³-hybridized carbons (Fsp3) is 0.550. The number of carbonyl (C=O) groups excluding carboxylic acids is 3. The molecule has 0 aliphatic carbocycles. The summed E-state index contributed by atoms with van der Waals surface area (Å²) in [5.41, 5.74) is 0.288. The third kappa shape index (κ3) is 6.02. The van der Waals surface area contributed by atoms with Crippen molar-refractivity contribution in [3.8, 4) is 0 Å². The lowest BCUT2D eigenvalue weighted by Crippen LogP contribution is -2.55. The Kier molecular flexibility index (Phi) is 7.92. The number of likely N-dealkylation sites (tertiary alicyclic amines) is 1. The van der Waals surface area contributed by atoms with Gasteiger partial charge in [-0.15, -0.1) is 0 Å². The zero-order valence-electron chi connectivity index (χ0n) is 16.5. The molecule has 3 amide bonds. The Hall–Kier alpha value is -2.48. The summed E-state index contributed by atoms with van der Waals surface area (Å²) in [7, 11) is 1.47. The second-order valence-corrected chi connectivity index (χ2v) is 7.27. The summed E-state index contributed by atoms with van der Waals surface area (Å²) in [5, 5.41) is 5.64. The number of benzene rings is 1. The van der Waals surface area contributed by atoms with Crippen molar-refractivity contribution in [3.63, 3.8) is 0 Å². The van der Waals surface area contributed by atoms with Gasteiger partial charge in [0, 0.05) is 31.8 Å². The van der Waals surface area contributed by atoms with Crippen LogP contribution in [-0.4, -0.2) is 61.5 Å². The molecular formula is C20H28FN3O4. The van der Waals surface area contributed by atoms with Gasteiger partial charge in [0.25, 0.3) is 5.91 Å². The van der Waals surface area contributed by atoms with E-state index in [9.17, 15) is 18.8 Å². The molecular weight excluding hydrogens is 365 g/mol. The fourth-order valence-electron chi connectivity index (χ4n) is 3.29. The monoisotopic (exact) mass is 393 g/mol. The summed E-state index contributed by atoms with van der Waals surface area (Å²) in [5.74, 6) is -1.30. The van der Waals surface area contributed by atoms with Crippen molar-refractivity contribution >= 4 is 17.7 Å². The van der Waals surface area contributed by atoms with Crippen LogP contribution < -0.4 is 10.6 Å². The van der Waals surface area contributed by atoms with Gasteiger partial charge in [0.2, 0.25) is 11.8 Å². The molecule has 2 N–H and O–H groups in total. The molecule has 0 radical (unpaired) electrons. The molecule has 1 fully saturated rings. The first kappa shape index (κ1) is 21.8. The Morgan fingerprint density at radius 3 is 2.29 bits per heavy atom.